The van der Waals surface area contributed by atoms with Crippen LogP contribution < -0.4 is 4.90 Å². The van der Waals surface area contributed by atoms with Gasteiger partial charge in [0.15, 0.2) is 6.29 Å². The van der Waals surface area contributed by atoms with E-state index in [0.29, 0.717) is 5.56 Å². The number of fused-ring (bicyclic) bond motifs is 1. The number of hydrogen-bond acceptors (Lipinski definition) is 3. The monoisotopic (exact) mass is 242 g/mol. The highest BCUT2D eigenvalue weighted by molar-refractivity contribution is 5.92. The van der Waals surface area contributed by atoms with Crippen LogP contribution in [0.3, 0.4) is 0 Å². The van der Waals surface area contributed by atoms with Crippen LogP contribution in [0, 0.1) is 6.92 Å². The maximum atomic E-state index is 11.2. The van der Waals surface area contributed by atoms with Crippen LogP contribution in [0.4, 0.5) is 5.82 Å². The Bertz CT molecular complexity index is 574. The molecule has 1 aromatic carbocycles. The van der Waals surface area contributed by atoms with Crippen LogP contribution >= 0.6 is 0 Å². The van der Waals surface area contributed by atoms with Gasteiger partial charge in [-0.3, -0.25) is 4.79 Å². The Morgan fingerprint density at radius 1 is 1.22 bits per heavy atom. The van der Waals surface area contributed by atoms with E-state index in [1.54, 1.807) is 0 Å². The highest BCUT2D eigenvalue weighted by Crippen LogP contribution is 2.23. The Kier molecular flexibility index (Phi) is 3.60. The summed E-state index contributed by atoms with van der Waals surface area (Å²) >= 11 is 0. The van der Waals surface area contributed by atoms with Gasteiger partial charge >= 0.3 is 0 Å². The largest absolute Gasteiger partial charge is 0.357 e. The van der Waals surface area contributed by atoms with Crippen molar-refractivity contribution in [2.45, 2.75) is 20.8 Å². The van der Waals surface area contributed by atoms with Crippen LogP contribution in [0.15, 0.2) is 24.3 Å². The van der Waals surface area contributed by atoms with Crippen molar-refractivity contribution in [2.24, 2.45) is 0 Å². The van der Waals surface area contributed by atoms with Crippen LogP contribution in [-0.2, 0) is 0 Å². The molecule has 0 aliphatic heterocycles. The lowest BCUT2D eigenvalue weighted by atomic mass is 10.1. The number of aldehydes is 1. The van der Waals surface area contributed by atoms with E-state index in [9.17, 15) is 4.79 Å². The summed E-state index contributed by atoms with van der Waals surface area (Å²) in [6, 6.07) is 8.03. The van der Waals surface area contributed by atoms with Gasteiger partial charge in [0.1, 0.15) is 5.82 Å². The summed E-state index contributed by atoms with van der Waals surface area (Å²) in [5.74, 6) is 0.784. The highest BCUT2D eigenvalue weighted by Gasteiger charge is 2.11. The summed E-state index contributed by atoms with van der Waals surface area (Å²) in [6.07, 6.45) is 0.891. The van der Waals surface area contributed by atoms with Crippen LogP contribution in [0.25, 0.3) is 10.9 Å². The summed E-state index contributed by atoms with van der Waals surface area (Å²) < 4.78 is 0. The molecule has 0 saturated carbocycles. The van der Waals surface area contributed by atoms with Crippen molar-refractivity contribution in [1.82, 2.24) is 4.98 Å². The van der Waals surface area contributed by atoms with Crippen molar-refractivity contribution in [3.05, 3.63) is 35.4 Å². The van der Waals surface area contributed by atoms with Gasteiger partial charge < -0.3 is 4.90 Å². The first-order valence-corrected chi connectivity index (χ1v) is 6.31. The summed E-state index contributed by atoms with van der Waals surface area (Å²) in [4.78, 5) is 17.9. The Morgan fingerprint density at radius 2 is 1.94 bits per heavy atom. The first-order chi connectivity index (χ1) is 8.69. The summed E-state index contributed by atoms with van der Waals surface area (Å²) in [7, 11) is 0. The Morgan fingerprint density at radius 3 is 2.56 bits per heavy atom. The maximum absolute atomic E-state index is 11.2. The number of rotatable bonds is 4. The molecule has 18 heavy (non-hydrogen) atoms. The molecule has 0 bridgehead atoms. The number of nitrogens with zero attached hydrogens (tertiary/aromatic N) is 2. The smallest absolute Gasteiger partial charge is 0.153 e. The molecule has 0 atom stereocenters. The van der Waals surface area contributed by atoms with Crippen molar-refractivity contribution in [3.63, 3.8) is 0 Å². The first kappa shape index (κ1) is 12.6. The van der Waals surface area contributed by atoms with Crippen molar-refractivity contribution in [1.29, 1.82) is 0 Å². The predicted molar refractivity (Wildman–Crippen MR) is 75.4 cm³/mol. The van der Waals surface area contributed by atoms with Gasteiger partial charge in [0.25, 0.3) is 0 Å². The number of hydrogen-bond donors (Lipinski definition) is 0. The third-order valence-corrected chi connectivity index (χ3v) is 3.17. The number of carbonyl (C=O) groups is 1. The van der Waals surface area contributed by atoms with Crippen molar-refractivity contribution < 1.29 is 4.79 Å². The van der Waals surface area contributed by atoms with Gasteiger partial charge in [-0.25, -0.2) is 4.98 Å². The standard InChI is InChI=1S/C15H18N2O/c1-4-17(5-2)15-13(10-18)9-12-8-11(3)6-7-14(12)16-15/h6-10H,4-5H2,1-3H3. The topological polar surface area (TPSA) is 33.2 Å². The summed E-state index contributed by atoms with van der Waals surface area (Å²) in [6.45, 7) is 7.87. The SMILES string of the molecule is CCN(CC)c1nc2ccc(C)cc2cc1C=O. The molecular formula is C15H18N2O. The number of pyridine rings is 1. The third-order valence-electron chi connectivity index (χ3n) is 3.17. The van der Waals surface area contributed by atoms with Crippen LogP contribution in [-0.4, -0.2) is 24.4 Å². The number of aryl methyl sites for hydroxylation is 1. The molecule has 2 aromatic rings. The average Bonchev–Trinajstić information content (AvgIpc) is 2.39. The second-order valence-corrected chi connectivity index (χ2v) is 4.39. The van der Waals surface area contributed by atoms with E-state index in [1.165, 1.54) is 5.56 Å². The average molecular weight is 242 g/mol. The van der Waals surface area contributed by atoms with E-state index in [4.69, 9.17) is 0 Å². The van der Waals surface area contributed by atoms with E-state index in [2.05, 4.69) is 29.8 Å². The Labute approximate surface area is 107 Å². The van der Waals surface area contributed by atoms with Gasteiger partial charge in [0, 0.05) is 18.5 Å². The van der Waals surface area contributed by atoms with Gasteiger partial charge in [-0.05, 0) is 39.0 Å². The van der Waals surface area contributed by atoms with E-state index in [0.717, 1.165) is 36.1 Å². The molecular weight excluding hydrogens is 224 g/mol. The normalized spacial score (nSPS) is 10.6. The Balaban J connectivity index is 2.65. The van der Waals surface area contributed by atoms with Crippen molar-refractivity contribution in [2.75, 3.05) is 18.0 Å². The molecule has 94 valence electrons. The highest BCUT2D eigenvalue weighted by atomic mass is 16.1. The minimum Gasteiger partial charge on any atom is -0.357 e. The van der Waals surface area contributed by atoms with Gasteiger partial charge in [0.05, 0.1) is 11.1 Å². The number of anilines is 1. The second-order valence-electron chi connectivity index (χ2n) is 4.39. The van der Waals surface area contributed by atoms with Gasteiger partial charge in [-0.15, -0.1) is 0 Å². The quantitative estimate of drug-likeness (QED) is 0.772. The molecule has 0 aliphatic rings. The van der Waals surface area contributed by atoms with Crippen molar-refractivity contribution >= 4 is 23.0 Å². The summed E-state index contributed by atoms with van der Waals surface area (Å²) in [5, 5.41) is 1.02. The molecule has 0 N–H and O–H groups in total. The third kappa shape index (κ3) is 2.21. The Hall–Kier alpha value is -1.90. The zero-order chi connectivity index (χ0) is 13.1. The molecule has 0 radical (unpaired) electrons. The minimum absolute atomic E-state index is 0.664. The predicted octanol–water partition coefficient (Wildman–Crippen LogP) is 3.20. The molecule has 1 aromatic heterocycles. The fraction of sp³-hybridized carbons (Fsp3) is 0.333. The van der Waals surface area contributed by atoms with E-state index in [-0.39, 0.29) is 0 Å². The first-order valence-electron chi connectivity index (χ1n) is 6.31. The van der Waals surface area contributed by atoms with E-state index >= 15 is 0 Å². The molecule has 1 heterocycles. The minimum atomic E-state index is 0.664. The maximum Gasteiger partial charge on any atom is 0.153 e. The zero-order valence-corrected chi connectivity index (χ0v) is 11.1. The number of carbonyl (C=O) groups excluding carboxylic acids is 1. The van der Waals surface area contributed by atoms with E-state index < -0.39 is 0 Å². The van der Waals surface area contributed by atoms with Gasteiger partial charge in [-0.1, -0.05) is 11.6 Å². The van der Waals surface area contributed by atoms with Gasteiger partial charge in [-0.2, -0.15) is 0 Å². The molecule has 0 spiro atoms. The molecule has 0 saturated heterocycles. The lowest BCUT2D eigenvalue weighted by Crippen LogP contribution is -2.24. The molecule has 3 nitrogen and oxygen atoms in total. The van der Waals surface area contributed by atoms with Crippen molar-refractivity contribution in [3.8, 4) is 0 Å². The fourth-order valence-corrected chi connectivity index (χ4v) is 2.17. The summed E-state index contributed by atoms with van der Waals surface area (Å²) in [5.41, 5.74) is 2.78. The number of benzene rings is 1. The lowest BCUT2D eigenvalue weighted by molar-refractivity contribution is 0.112. The van der Waals surface area contributed by atoms with Crippen LogP contribution in [0.2, 0.25) is 0 Å². The van der Waals surface area contributed by atoms with Gasteiger partial charge in [0.2, 0.25) is 0 Å². The lowest BCUT2D eigenvalue weighted by Gasteiger charge is -2.21. The molecule has 0 fully saturated rings. The fourth-order valence-electron chi connectivity index (χ4n) is 2.17. The zero-order valence-electron chi connectivity index (χ0n) is 11.1. The van der Waals surface area contributed by atoms with E-state index in [1.807, 2.05) is 25.1 Å². The number of aromatic nitrogens is 1. The molecule has 3 heteroatoms. The molecule has 2 rings (SSSR count). The molecule has 0 unspecified atom stereocenters. The molecule has 0 amide bonds. The second kappa shape index (κ2) is 5.17. The molecule has 0 aliphatic carbocycles. The van der Waals surface area contributed by atoms with Crippen LogP contribution in [0.5, 0.6) is 0 Å². The van der Waals surface area contributed by atoms with Crippen LogP contribution in [0.1, 0.15) is 29.8 Å².